The molecule has 37 heavy (non-hydrogen) atoms. The van der Waals surface area contributed by atoms with Gasteiger partial charge in [0.15, 0.2) is 5.78 Å². The van der Waals surface area contributed by atoms with Crippen molar-refractivity contribution in [3.63, 3.8) is 0 Å². The van der Waals surface area contributed by atoms with E-state index in [9.17, 15) is 9.59 Å². The number of nitrogens with zero attached hydrogens (tertiary/aromatic N) is 1. The number of rotatable bonds is 6. The van der Waals surface area contributed by atoms with Gasteiger partial charge in [-0.2, -0.15) is 5.10 Å². The molecule has 0 aliphatic carbocycles. The molecule has 0 spiro atoms. The van der Waals surface area contributed by atoms with Crippen LogP contribution < -0.4 is 5.32 Å². The number of amides is 1. The summed E-state index contributed by atoms with van der Waals surface area (Å²) < 4.78 is 0. The number of fused-ring (bicyclic) bond motifs is 2. The second kappa shape index (κ2) is 9.43. The van der Waals surface area contributed by atoms with Crippen LogP contribution in [0.1, 0.15) is 37.5 Å². The lowest BCUT2D eigenvalue weighted by molar-refractivity contribution is 0.102. The summed E-state index contributed by atoms with van der Waals surface area (Å²) in [6, 6.07) is 29.9. The molecule has 0 unspecified atom stereocenters. The number of carbonyl (C=O) groups is 2. The van der Waals surface area contributed by atoms with Crippen LogP contribution in [-0.2, 0) is 0 Å². The van der Waals surface area contributed by atoms with E-state index in [1.54, 1.807) is 48.7 Å². The Morgan fingerprint density at radius 2 is 1.59 bits per heavy atom. The zero-order chi connectivity index (χ0) is 25.2. The van der Waals surface area contributed by atoms with Crippen LogP contribution >= 0.6 is 0 Å². The monoisotopic (exact) mass is 482 g/mol. The Balaban J connectivity index is 1.23. The number of hydrogen-bond donors (Lipinski definition) is 3. The van der Waals surface area contributed by atoms with Crippen LogP contribution in [0.15, 0.2) is 103 Å². The van der Waals surface area contributed by atoms with Crippen LogP contribution in [-0.4, -0.2) is 26.9 Å². The molecule has 0 fully saturated rings. The summed E-state index contributed by atoms with van der Waals surface area (Å²) in [7, 11) is 0. The van der Waals surface area contributed by atoms with E-state index >= 15 is 0 Å². The number of anilines is 1. The maximum absolute atomic E-state index is 13.3. The summed E-state index contributed by atoms with van der Waals surface area (Å²) in [5.41, 5.74) is 5.70. The van der Waals surface area contributed by atoms with Crippen LogP contribution in [0.5, 0.6) is 0 Å². The fourth-order valence-electron chi connectivity index (χ4n) is 4.43. The summed E-state index contributed by atoms with van der Waals surface area (Å²) in [5.74, 6) is -0.376. The molecule has 178 valence electrons. The van der Waals surface area contributed by atoms with Gasteiger partial charge in [0.25, 0.3) is 5.91 Å². The van der Waals surface area contributed by atoms with Crippen LogP contribution in [0.4, 0.5) is 5.69 Å². The first-order chi connectivity index (χ1) is 18.2. The lowest BCUT2D eigenvalue weighted by Gasteiger charge is -2.08. The second-order valence-corrected chi connectivity index (χ2v) is 8.72. The molecule has 6 rings (SSSR count). The maximum atomic E-state index is 13.3. The molecule has 0 saturated carbocycles. The summed E-state index contributed by atoms with van der Waals surface area (Å²) >= 11 is 0. The number of carbonyl (C=O) groups excluding carboxylic acids is 2. The van der Waals surface area contributed by atoms with Gasteiger partial charge in [-0.3, -0.25) is 14.7 Å². The molecule has 0 aliphatic heterocycles. The van der Waals surface area contributed by atoms with Crippen molar-refractivity contribution in [1.29, 1.82) is 0 Å². The lowest BCUT2D eigenvalue weighted by Crippen LogP contribution is -2.12. The van der Waals surface area contributed by atoms with E-state index in [1.165, 1.54) is 0 Å². The van der Waals surface area contributed by atoms with Gasteiger partial charge in [0.05, 0.1) is 11.2 Å². The highest BCUT2D eigenvalue weighted by Gasteiger charge is 2.15. The van der Waals surface area contributed by atoms with Crippen molar-refractivity contribution in [2.75, 3.05) is 5.32 Å². The van der Waals surface area contributed by atoms with Crippen LogP contribution in [0.2, 0.25) is 0 Å². The van der Waals surface area contributed by atoms with Crippen molar-refractivity contribution in [2.24, 2.45) is 0 Å². The smallest absolute Gasteiger partial charge is 0.256 e. The SMILES string of the molecule is O=C(c1cccc(NC(=O)c2cccc3[nH]ccc23)c1)c1ccc2c(C=Cc3ccccc3)[nH]nc2c1. The first-order valence-corrected chi connectivity index (χ1v) is 11.9. The van der Waals surface area contributed by atoms with Crippen molar-refractivity contribution in [3.8, 4) is 0 Å². The average molecular weight is 483 g/mol. The highest BCUT2D eigenvalue weighted by molar-refractivity contribution is 6.14. The van der Waals surface area contributed by atoms with Crippen molar-refractivity contribution in [1.82, 2.24) is 15.2 Å². The fraction of sp³-hybridized carbons (Fsp3) is 0. The van der Waals surface area contributed by atoms with E-state index < -0.39 is 0 Å². The quantitative estimate of drug-likeness (QED) is 0.231. The first-order valence-electron chi connectivity index (χ1n) is 11.9. The van der Waals surface area contributed by atoms with E-state index in [2.05, 4.69) is 20.5 Å². The summed E-state index contributed by atoms with van der Waals surface area (Å²) in [6.07, 6.45) is 5.80. The molecule has 4 aromatic carbocycles. The summed E-state index contributed by atoms with van der Waals surface area (Å²) in [6.45, 7) is 0. The predicted molar refractivity (Wildman–Crippen MR) is 148 cm³/mol. The third-order valence-electron chi connectivity index (χ3n) is 6.31. The first kappa shape index (κ1) is 22.2. The lowest BCUT2D eigenvalue weighted by atomic mass is 10.0. The van der Waals surface area contributed by atoms with E-state index in [0.717, 1.165) is 27.5 Å². The molecule has 6 heteroatoms. The van der Waals surface area contributed by atoms with Crippen LogP contribution in [0.3, 0.4) is 0 Å². The van der Waals surface area contributed by atoms with Gasteiger partial charge >= 0.3 is 0 Å². The minimum Gasteiger partial charge on any atom is -0.361 e. The Bertz CT molecular complexity index is 1790. The van der Waals surface area contributed by atoms with Crippen molar-refractivity contribution < 1.29 is 9.59 Å². The Kier molecular flexibility index (Phi) is 5.67. The molecule has 3 N–H and O–H groups in total. The minimum atomic E-state index is -0.233. The van der Waals surface area contributed by atoms with Gasteiger partial charge in [-0.05, 0) is 54.1 Å². The number of nitrogens with one attached hydrogen (secondary N) is 3. The molecular weight excluding hydrogens is 460 g/mol. The zero-order valence-electron chi connectivity index (χ0n) is 19.7. The summed E-state index contributed by atoms with van der Waals surface area (Å²) in [4.78, 5) is 29.3. The molecule has 6 nitrogen and oxygen atoms in total. The average Bonchev–Trinajstić information content (AvgIpc) is 3.59. The largest absolute Gasteiger partial charge is 0.361 e. The Morgan fingerprint density at radius 3 is 2.49 bits per heavy atom. The van der Waals surface area contributed by atoms with Crippen molar-refractivity contribution in [3.05, 3.63) is 131 Å². The number of ketones is 1. The normalized spacial score (nSPS) is 11.4. The van der Waals surface area contributed by atoms with Gasteiger partial charge in [-0.25, -0.2) is 0 Å². The van der Waals surface area contributed by atoms with Gasteiger partial charge in [-0.15, -0.1) is 0 Å². The minimum absolute atomic E-state index is 0.143. The molecule has 6 aromatic rings. The van der Waals surface area contributed by atoms with E-state index in [1.807, 2.05) is 66.7 Å². The Morgan fingerprint density at radius 1 is 0.757 bits per heavy atom. The molecule has 2 heterocycles. The number of hydrogen-bond acceptors (Lipinski definition) is 3. The molecule has 0 saturated heterocycles. The van der Waals surface area contributed by atoms with E-state index in [4.69, 9.17) is 0 Å². The molecular formula is C31H22N4O2. The third-order valence-corrected chi connectivity index (χ3v) is 6.31. The fourth-order valence-corrected chi connectivity index (χ4v) is 4.43. The standard InChI is InChI=1S/C31H22N4O2/c36-30(22-13-14-26-28(34-35-29(26)19-22)15-12-20-6-2-1-3-7-20)21-8-4-9-23(18-21)33-31(37)25-10-5-11-27-24(25)16-17-32-27/h1-19,32H,(H,33,37)(H,34,35). The second-order valence-electron chi connectivity index (χ2n) is 8.72. The zero-order valence-corrected chi connectivity index (χ0v) is 19.7. The van der Waals surface area contributed by atoms with Gasteiger partial charge in [0.1, 0.15) is 0 Å². The Hall–Kier alpha value is -5.23. The molecule has 1 amide bonds. The number of H-pyrrole nitrogens is 2. The van der Waals surface area contributed by atoms with Crippen LogP contribution in [0.25, 0.3) is 34.0 Å². The maximum Gasteiger partial charge on any atom is 0.256 e. The molecule has 2 aromatic heterocycles. The number of aromatic nitrogens is 3. The third kappa shape index (κ3) is 4.44. The number of aromatic amines is 2. The van der Waals surface area contributed by atoms with Gasteiger partial charge in [0.2, 0.25) is 0 Å². The van der Waals surface area contributed by atoms with Crippen LogP contribution in [0, 0.1) is 0 Å². The topological polar surface area (TPSA) is 90.6 Å². The van der Waals surface area contributed by atoms with Gasteiger partial charge < -0.3 is 10.3 Å². The molecule has 0 aliphatic rings. The molecule has 0 bridgehead atoms. The van der Waals surface area contributed by atoms with E-state index in [0.29, 0.717) is 27.9 Å². The Labute approximate surface area is 212 Å². The predicted octanol–water partition coefficient (Wildman–Crippen LogP) is 6.70. The summed E-state index contributed by atoms with van der Waals surface area (Å²) in [5, 5.41) is 12.1. The van der Waals surface area contributed by atoms with Crippen molar-refractivity contribution >= 4 is 51.3 Å². The number of benzene rings is 4. The van der Waals surface area contributed by atoms with E-state index in [-0.39, 0.29) is 11.7 Å². The van der Waals surface area contributed by atoms with Crippen molar-refractivity contribution in [2.45, 2.75) is 0 Å². The highest BCUT2D eigenvalue weighted by Crippen LogP contribution is 2.23. The molecule has 0 atom stereocenters. The van der Waals surface area contributed by atoms with Gasteiger partial charge in [0, 0.05) is 44.9 Å². The molecule has 0 radical (unpaired) electrons. The highest BCUT2D eigenvalue weighted by atomic mass is 16.1. The van der Waals surface area contributed by atoms with Gasteiger partial charge in [-0.1, -0.05) is 60.7 Å².